The average Bonchev–Trinajstić information content (AvgIpc) is 3.30. The normalized spacial score (nSPS) is 21.8. The molecule has 0 unspecified atom stereocenters. The fourth-order valence-electron chi connectivity index (χ4n) is 5.77. The van der Waals surface area contributed by atoms with Gasteiger partial charge in [0.25, 0.3) is 5.56 Å². The topological polar surface area (TPSA) is 86.4 Å². The number of rotatable bonds is 6. The lowest BCUT2D eigenvalue weighted by Crippen LogP contribution is -2.41. The first-order chi connectivity index (χ1) is 15.5. The molecule has 0 aromatic carbocycles. The number of amides is 2. The van der Waals surface area contributed by atoms with Crippen LogP contribution in [0.15, 0.2) is 4.79 Å². The smallest absolute Gasteiger partial charge is 0.256 e. The third kappa shape index (κ3) is 4.76. The van der Waals surface area contributed by atoms with Crippen molar-refractivity contribution in [2.24, 2.45) is 11.8 Å². The molecule has 0 bridgehead atoms. The van der Waals surface area contributed by atoms with Crippen molar-refractivity contribution in [1.29, 1.82) is 0 Å². The van der Waals surface area contributed by atoms with Crippen LogP contribution in [0.2, 0.25) is 0 Å². The SMILES string of the molecule is CCC(CC)C(=O)N1CCC[C@H]1c1nc2c(c(=O)[nH]1)CN(C(=O)CC1CCCCC1)CC2. The summed E-state index contributed by atoms with van der Waals surface area (Å²) >= 11 is 0. The minimum absolute atomic E-state index is 0.0312. The predicted molar refractivity (Wildman–Crippen MR) is 123 cm³/mol. The molecule has 176 valence electrons. The Hall–Kier alpha value is -2.18. The van der Waals surface area contributed by atoms with Crippen LogP contribution in [-0.2, 0) is 22.6 Å². The maximum absolute atomic E-state index is 13.0. The van der Waals surface area contributed by atoms with E-state index in [-0.39, 0.29) is 29.3 Å². The van der Waals surface area contributed by atoms with E-state index in [1.807, 2.05) is 9.80 Å². The Kier molecular flexibility index (Phi) is 7.31. The second-order valence-corrected chi connectivity index (χ2v) is 9.85. The Morgan fingerprint density at radius 2 is 1.81 bits per heavy atom. The summed E-state index contributed by atoms with van der Waals surface area (Å²) in [5.41, 5.74) is 1.27. The number of carbonyl (C=O) groups excluding carboxylic acids is 2. The van der Waals surface area contributed by atoms with Gasteiger partial charge in [-0.1, -0.05) is 33.1 Å². The van der Waals surface area contributed by atoms with Gasteiger partial charge < -0.3 is 14.8 Å². The summed E-state index contributed by atoms with van der Waals surface area (Å²) in [4.78, 5) is 50.4. The largest absolute Gasteiger partial charge is 0.338 e. The standard InChI is InChI=1S/C25H38N4O3/c1-3-18(4-2)25(32)29-13-8-11-21(29)23-26-20-12-14-28(16-19(20)24(31)27-23)22(30)15-17-9-6-5-7-10-17/h17-18,21H,3-16H2,1-2H3,(H,26,27,31)/t21-/m0/s1. The van der Waals surface area contributed by atoms with E-state index in [1.54, 1.807) is 0 Å². The Balaban J connectivity index is 1.47. The first kappa shape index (κ1) is 23.0. The molecule has 1 saturated heterocycles. The molecule has 2 fully saturated rings. The molecule has 4 rings (SSSR count). The van der Waals surface area contributed by atoms with Crippen LogP contribution in [0.5, 0.6) is 0 Å². The van der Waals surface area contributed by atoms with Crippen molar-refractivity contribution >= 4 is 11.8 Å². The van der Waals surface area contributed by atoms with Gasteiger partial charge in [-0.2, -0.15) is 0 Å². The summed E-state index contributed by atoms with van der Waals surface area (Å²) in [7, 11) is 0. The molecule has 2 amide bonds. The number of carbonyl (C=O) groups is 2. The van der Waals surface area contributed by atoms with Crippen LogP contribution in [0.1, 0.15) is 101 Å². The van der Waals surface area contributed by atoms with Crippen molar-refractivity contribution in [3.05, 3.63) is 27.4 Å². The van der Waals surface area contributed by atoms with E-state index in [9.17, 15) is 14.4 Å². The first-order valence-corrected chi connectivity index (χ1v) is 12.7. The quantitative estimate of drug-likeness (QED) is 0.727. The molecule has 2 aliphatic heterocycles. The van der Waals surface area contributed by atoms with Gasteiger partial charge in [0, 0.05) is 31.8 Å². The van der Waals surface area contributed by atoms with E-state index < -0.39 is 0 Å². The highest BCUT2D eigenvalue weighted by atomic mass is 16.2. The molecular weight excluding hydrogens is 404 g/mol. The summed E-state index contributed by atoms with van der Waals surface area (Å²) in [5.74, 6) is 1.50. The van der Waals surface area contributed by atoms with E-state index in [0.717, 1.165) is 50.8 Å². The molecule has 1 aromatic heterocycles. The van der Waals surface area contributed by atoms with Crippen molar-refractivity contribution in [3.63, 3.8) is 0 Å². The van der Waals surface area contributed by atoms with Crippen molar-refractivity contribution in [1.82, 2.24) is 19.8 Å². The summed E-state index contributed by atoms with van der Waals surface area (Å²) < 4.78 is 0. The summed E-state index contributed by atoms with van der Waals surface area (Å²) in [5, 5.41) is 0. The second-order valence-electron chi connectivity index (χ2n) is 9.85. The third-order valence-electron chi connectivity index (χ3n) is 7.81. The highest BCUT2D eigenvalue weighted by Crippen LogP contribution is 2.33. The number of aromatic nitrogens is 2. The van der Waals surface area contributed by atoms with Crippen molar-refractivity contribution in [2.75, 3.05) is 13.1 Å². The zero-order valence-electron chi connectivity index (χ0n) is 19.7. The number of nitrogens with zero attached hydrogens (tertiary/aromatic N) is 3. The van der Waals surface area contributed by atoms with Crippen molar-refractivity contribution in [3.8, 4) is 0 Å². The van der Waals surface area contributed by atoms with Crippen LogP contribution in [-0.4, -0.2) is 44.7 Å². The number of nitrogens with one attached hydrogen (secondary N) is 1. The number of fused-ring (bicyclic) bond motifs is 1. The highest BCUT2D eigenvalue weighted by Gasteiger charge is 2.35. The van der Waals surface area contributed by atoms with Gasteiger partial charge in [-0.15, -0.1) is 0 Å². The monoisotopic (exact) mass is 442 g/mol. The maximum Gasteiger partial charge on any atom is 0.256 e. The summed E-state index contributed by atoms with van der Waals surface area (Å²) in [6.07, 6.45) is 10.7. The minimum Gasteiger partial charge on any atom is -0.338 e. The number of likely N-dealkylation sites (tertiary alicyclic amines) is 1. The Labute approximate surface area is 191 Å². The molecule has 1 aromatic rings. The summed E-state index contributed by atoms with van der Waals surface area (Å²) in [6, 6.07) is -0.146. The average molecular weight is 443 g/mol. The van der Waals surface area contributed by atoms with Gasteiger partial charge in [-0.25, -0.2) is 4.98 Å². The van der Waals surface area contributed by atoms with Crippen LogP contribution in [0, 0.1) is 11.8 Å². The molecule has 0 radical (unpaired) electrons. The Morgan fingerprint density at radius 3 is 2.53 bits per heavy atom. The second kappa shape index (κ2) is 10.2. The summed E-state index contributed by atoms with van der Waals surface area (Å²) in [6.45, 7) is 5.80. The van der Waals surface area contributed by atoms with E-state index in [0.29, 0.717) is 43.2 Å². The molecule has 7 heteroatoms. The lowest BCUT2D eigenvalue weighted by molar-refractivity contribution is -0.137. The molecule has 3 aliphatic rings. The Morgan fingerprint density at radius 1 is 1.06 bits per heavy atom. The molecule has 1 N–H and O–H groups in total. The highest BCUT2D eigenvalue weighted by molar-refractivity contribution is 5.79. The molecule has 32 heavy (non-hydrogen) atoms. The lowest BCUT2D eigenvalue weighted by atomic mass is 9.86. The van der Waals surface area contributed by atoms with E-state index in [2.05, 4.69) is 18.8 Å². The fourth-order valence-corrected chi connectivity index (χ4v) is 5.77. The molecule has 1 saturated carbocycles. The van der Waals surface area contributed by atoms with E-state index >= 15 is 0 Å². The zero-order chi connectivity index (χ0) is 22.7. The molecule has 7 nitrogen and oxygen atoms in total. The van der Waals surface area contributed by atoms with Crippen LogP contribution in [0.25, 0.3) is 0 Å². The van der Waals surface area contributed by atoms with Gasteiger partial charge in [0.15, 0.2) is 0 Å². The van der Waals surface area contributed by atoms with Crippen LogP contribution < -0.4 is 5.56 Å². The number of H-pyrrole nitrogens is 1. The molecule has 3 heterocycles. The van der Waals surface area contributed by atoms with Gasteiger partial charge >= 0.3 is 0 Å². The van der Waals surface area contributed by atoms with Crippen LogP contribution >= 0.6 is 0 Å². The lowest BCUT2D eigenvalue weighted by Gasteiger charge is -2.31. The minimum atomic E-state index is -0.151. The van der Waals surface area contributed by atoms with Gasteiger partial charge in [0.1, 0.15) is 5.82 Å². The number of aromatic amines is 1. The van der Waals surface area contributed by atoms with Crippen molar-refractivity contribution < 1.29 is 9.59 Å². The fraction of sp³-hybridized carbons (Fsp3) is 0.760. The van der Waals surface area contributed by atoms with Gasteiger partial charge in [-0.05, 0) is 44.4 Å². The predicted octanol–water partition coefficient (Wildman–Crippen LogP) is 3.72. The van der Waals surface area contributed by atoms with Crippen LogP contribution in [0.3, 0.4) is 0 Å². The molecular formula is C25H38N4O3. The Bertz CT molecular complexity index is 886. The molecule has 1 atom stereocenters. The molecule has 0 spiro atoms. The van der Waals surface area contributed by atoms with Gasteiger partial charge in [0.2, 0.25) is 11.8 Å². The number of hydrogen-bond acceptors (Lipinski definition) is 4. The van der Waals surface area contributed by atoms with Gasteiger partial charge in [0.05, 0.1) is 23.8 Å². The van der Waals surface area contributed by atoms with E-state index in [4.69, 9.17) is 4.98 Å². The maximum atomic E-state index is 13.0. The first-order valence-electron chi connectivity index (χ1n) is 12.7. The third-order valence-corrected chi connectivity index (χ3v) is 7.81. The number of hydrogen-bond donors (Lipinski definition) is 1. The molecule has 1 aliphatic carbocycles. The van der Waals surface area contributed by atoms with Crippen molar-refractivity contribution in [2.45, 2.75) is 97.1 Å². The van der Waals surface area contributed by atoms with E-state index in [1.165, 1.54) is 19.3 Å². The van der Waals surface area contributed by atoms with Gasteiger partial charge in [-0.3, -0.25) is 14.4 Å². The zero-order valence-corrected chi connectivity index (χ0v) is 19.7. The van der Waals surface area contributed by atoms with Crippen LogP contribution in [0.4, 0.5) is 0 Å².